The number of nitrogens with zero attached hydrogens (tertiary/aromatic N) is 3. The molecule has 2 aromatic heterocycles. The lowest BCUT2D eigenvalue weighted by Gasteiger charge is -2.20. The number of benzene rings is 1. The number of fused-ring (bicyclic) bond motifs is 1. The van der Waals surface area contributed by atoms with Crippen LogP contribution in [0.1, 0.15) is 50.8 Å². The van der Waals surface area contributed by atoms with Gasteiger partial charge in [0.15, 0.2) is 0 Å². The predicted molar refractivity (Wildman–Crippen MR) is 145 cm³/mol. The van der Waals surface area contributed by atoms with Crippen molar-refractivity contribution in [2.75, 3.05) is 19.4 Å². The van der Waals surface area contributed by atoms with Gasteiger partial charge in [0.2, 0.25) is 5.78 Å². The second kappa shape index (κ2) is 10.8. The summed E-state index contributed by atoms with van der Waals surface area (Å²) in [5, 5.41) is 14.1. The van der Waals surface area contributed by atoms with Crippen molar-refractivity contribution in [3.05, 3.63) is 73.3 Å². The third kappa shape index (κ3) is 5.45. The van der Waals surface area contributed by atoms with Crippen LogP contribution in [0.2, 0.25) is 9.36 Å². The van der Waals surface area contributed by atoms with Crippen LogP contribution in [0.4, 0.5) is 5.82 Å². The Morgan fingerprint density at radius 2 is 2.03 bits per heavy atom. The van der Waals surface area contributed by atoms with Gasteiger partial charge in [-0.2, -0.15) is 13.1 Å². The lowest BCUT2D eigenvalue weighted by Crippen LogP contribution is -2.31. The van der Waals surface area contributed by atoms with Crippen molar-refractivity contribution >= 4 is 56.4 Å². The monoisotopic (exact) mass is 597 g/mol. The highest BCUT2D eigenvalue weighted by Gasteiger charge is 2.38. The van der Waals surface area contributed by atoms with Gasteiger partial charge < -0.3 is 10.4 Å². The van der Waals surface area contributed by atoms with Crippen LogP contribution in [0.5, 0.6) is 0 Å². The van der Waals surface area contributed by atoms with Crippen LogP contribution in [0.25, 0.3) is 0 Å². The Morgan fingerprint density at radius 1 is 1.24 bits per heavy atom. The highest BCUT2D eigenvalue weighted by molar-refractivity contribution is 7.84. The number of hydrogen-bond acceptors (Lipinski definition) is 10. The molecule has 0 unspecified atom stereocenters. The molecule has 4 atom stereocenters. The van der Waals surface area contributed by atoms with Gasteiger partial charge in [0.1, 0.15) is 18.2 Å². The smallest absolute Gasteiger partial charge is 0.335 e. The molecule has 3 heterocycles. The number of aliphatic hydroxyl groups excluding tert-OH is 1. The Labute approximate surface area is 234 Å². The van der Waals surface area contributed by atoms with E-state index in [0.717, 1.165) is 23.2 Å². The molecule has 10 nitrogen and oxygen atoms in total. The number of halogens is 2. The molecule has 0 amide bonds. The predicted octanol–water partition coefficient (Wildman–Crippen LogP) is 3.40. The zero-order valence-electron chi connectivity index (χ0n) is 20.4. The average molecular weight is 599 g/mol. The number of anilines is 1. The maximum absolute atomic E-state index is 13.6. The Morgan fingerprint density at radius 3 is 2.79 bits per heavy atom. The van der Waals surface area contributed by atoms with Gasteiger partial charge in [-0.05, 0) is 49.2 Å². The van der Waals surface area contributed by atoms with E-state index in [2.05, 4.69) is 24.9 Å². The molecule has 1 aliphatic heterocycles. The highest BCUT2D eigenvalue weighted by atomic mass is 35.5. The van der Waals surface area contributed by atoms with E-state index in [0.29, 0.717) is 14.2 Å². The lowest BCUT2D eigenvalue weighted by atomic mass is 9.99. The van der Waals surface area contributed by atoms with Crippen molar-refractivity contribution in [2.45, 2.75) is 43.7 Å². The summed E-state index contributed by atoms with van der Waals surface area (Å²) in [6, 6.07) is 7.09. The van der Waals surface area contributed by atoms with E-state index in [1.807, 2.05) is 25.2 Å². The van der Waals surface area contributed by atoms with E-state index in [1.165, 1.54) is 30.9 Å². The number of aliphatic hydroxyl groups is 1. The van der Waals surface area contributed by atoms with Crippen LogP contribution < -0.4 is 10.0 Å². The molecule has 202 valence electrons. The molecule has 3 N–H and O–H groups in total. The molecule has 1 fully saturated rings. The van der Waals surface area contributed by atoms with Crippen molar-refractivity contribution < 1.29 is 22.5 Å². The molecular formula is C24H25Cl2N5O5S2. The van der Waals surface area contributed by atoms with Crippen molar-refractivity contribution in [2.24, 2.45) is 0 Å². The molecule has 1 aromatic carbocycles. The summed E-state index contributed by atoms with van der Waals surface area (Å²) >= 11 is 14.1. The van der Waals surface area contributed by atoms with E-state index >= 15 is 0 Å². The maximum atomic E-state index is 13.6. The fraction of sp³-hybridized carbons (Fsp3) is 0.375. The van der Waals surface area contributed by atoms with Crippen molar-refractivity contribution in [1.29, 1.82) is 0 Å². The Hall–Kier alpha value is -2.16. The normalized spacial score (nSPS) is 23.5. The molecule has 38 heavy (non-hydrogen) atoms. The molecular weight excluding hydrogens is 573 g/mol. The lowest BCUT2D eigenvalue weighted by molar-refractivity contribution is 0.0636. The molecule has 1 saturated carbocycles. The summed E-state index contributed by atoms with van der Waals surface area (Å²) < 4.78 is 31.1. The van der Waals surface area contributed by atoms with E-state index in [-0.39, 0.29) is 42.1 Å². The molecule has 1 aliphatic carbocycles. The molecule has 14 heteroatoms. The summed E-state index contributed by atoms with van der Waals surface area (Å²) in [7, 11) is -0.739. The Bertz CT molecular complexity index is 1480. The summed E-state index contributed by atoms with van der Waals surface area (Å²) in [6.07, 6.45) is 1.22. The van der Waals surface area contributed by atoms with Gasteiger partial charge in [0, 0.05) is 36.4 Å². The first-order valence-electron chi connectivity index (χ1n) is 11.7. The van der Waals surface area contributed by atoms with Gasteiger partial charge in [-0.25, -0.2) is 9.97 Å². The minimum Gasteiger partial charge on any atom is -0.390 e. The minimum absolute atomic E-state index is 0.135. The van der Waals surface area contributed by atoms with Crippen LogP contribution in [-0.4, -0.2) is 66.5 Å². The Kier molecular flexibility index (Phi) is 7.77. The topological polar surface area (TPSA) is 134 Å². The van der Waals surface area contributed by atoms with Crippen LogP contribution in [0.3, 0.4) is 0 Å². The van der Waals surface area contributed by atoms with Gasteiger partial charge >= 0.3 is 10.3 Å². The third-order valence-electron chi connectivity index (χ3n) is 6.76. The van der Waals surface area contributed by atoms with Gasteiger partial charge in [-0.1, -0.05) is 29.3 Å². The van der Waals surface area contributed by atoms with E-state index in [4.69, 9.17) is 27.4 Å². The van der Waals surface area contributed by atoms with E-state index in [1.54, 1.807) is 6.07 Å². The SMILES string of the molecule is CNS(=O)(=O)O[C@@H]1C[C@H](Nc2ncncc2C(=O)c2cc([C@@H]3c4cc(Cl)ccc4CN3C)c(Cl)s2)C[C@@H]1O. The van der Waals surface area contributed by atoms with E-state index < -0.39 is 22.5 Å². The molecule has 5 rings (SSSR count). The number of nitrogens with one attached hydrogen (secondary N) is 2. The zero-order chi connectivity index (χ0) is 27.2. The number of hydrogen-bond donors (Lipinski definition) is 3. The Balaban J connectivity index is 1.37. The highest BCUT2D eigenvalue weighted by Crippen LogP contribution is 2.44. The number of ketones is 1. The number of carbonyl (C=O) groups excluding carboxylic acids is 1. The molecule has 0 saturated heterocycles. The maximum Gasteiger partial charge on any atom is 0.335 e. The largest absolute Gasteiger partial charge is 0.390 e. The van der Waals surface area contributed by atoms with Gasteiger partial charge in [0.05, 0.1) is 26.9 Å². The van der Waals surface area contributed by atoms with Crippen LogP contribution in [0, 0.1) is 0 Å². The van der Waals surface area contributed by atoms with Crippen LogP contribution in [-0.2, 0) is 21.0 Å². The summed E-state index contributed by atoms with van der Waals surface area (Å²) in [5.41, 5.74) is 3.27. The number of rotatable bonds is 8. The summed E-state index contributed by atoms with van der Waals surface area (Å²) in [4.78, 5) is 24.4. The summed E-state index contributed by atoms with van der Waals surface area (Å²) in [5.74, 6) is -0.0252. The first-order chi connectivity index (χ1) is 18.1. The molecule has 2 aliphatic rings. The summed E-state index contributed by atoms with van der Waals surface area (Å²) in [6.45, 7) is 0.737. The third-order valence-corrected chi connectivity index (χ3v) is 9.39. The van der Waals surface area contributed by atoms with Crippen LogP contribution in [0.15, 0.2) is 36.8 Å². The van der Waals surface area contributed by atoms with Crippen molar-refractivity contribution in [3.8, 4) is 0 Å². The minimum atomic E-state index is -3.96. The standard InChI is InChI=1S/C24H25Cl2N5O5S2/c1-27-38(34,35)36-19-7-14(6-18(19)32)30-24-17(9-28-11-29-24)22(33)20-8-16(23(26)37-20)21-15-5-13(25)4-3-12(15)10-31(21)2/h3-5,8-9,11,14,18-19,21,27,32H,6-7,10H2,1-2H3,(H,28,29,30)/t14-,18+,19-,21+/m1/s1. The second-order valence-corrected chi connectivity index (χ2v) is 12.9. The molecule has 0 spiro atoms. The van der Waals surface area contributed by atoms with Gasteiger partial charge in [0.25, 0.3) is 0 Å². The number of thiophene rings is 1. The van der Waals surface area contributed by atoms with Crippen molar-refractivity contribution in [3.63, 3.8) is 0 Å². The fourth-order valence-electron chi connectivity index (χ4n) is 4.99. The number of aromatic nitrogens is 2. The van der Waals surface area contributed by atoms with Crippen LogP contribution >= 0.6 is 34.5 Å². The zero-order valence-corrected chi connectivity index (χ0v) is 23.5. The fourth-order valence-corrected chi connectivity index (χ4v) is 7.08. The number of carbonyl (C=O) groups is 1. The van der Waals surface area contributed by atoms with Crippen molar-refractivity contribution in [1.82, 2.24) is 19.6 Å². The van der Waals surface area contributed by atoms with E-state index in [9.17, 15) is 18.3 Å². The van der Waals surface area contributed by atoms with Gasteiger partial charge in [-0.15, -0.1) is 11.3 Å². The molecule has 0 bridgehead atoms. The molecule has 0 radical (unpaired) electrons. The first kappa shape index (κ1) is 27.4. The second-order valence-electron chi connectivity index (χ2n) is 9.29. The first-order valence-corrected chi connectivity index (χ1v) is 14.7. The molecule has 3 aromatic rings. The van der Waals surface area contributed by atoms with Gasteiger partial charge in [-0.3, -0.25) is 13.9 Å². The quantitative estimate of drug-likeness (QED) is 0.334. The average Bonchev–Trinajstić information content (AvgIpc) is 3.52.